The molecule has 3 rings (SSSR count). The molecule has 2 saturated heterocycles. The lowest BCUT2D eigenvalue weighted by Crippen LogP contribution is -2.44. The summed E-state index contributed by atoms with van der Waals surface area (Å²) in [5, 5.41) is 6.95. The van der Waals surface area contributed by atoms with Crippen molar-refractivity contribution >= 4 is 41.5 Å². The van der Waals surface area contributed by atoms with Crippen LogP contribution in [0, 0.1) is 0 Å². The first-order valence-corrected chi connectivity index (χ1v) is 11.8. The second kappa shape index (κ2) is 13.2. The number of anilines is 1. The van der Waals surface area contributed by atoms with Crippen LogP contribution in [0.2, 0.25) is 0 Å². The van der Waals surface area contributed by atoms with Gasteiger partial charge in [-0.25, -0.2) is 0 Å². The second-order valence-corrected chi connectivity index (χ2v) is 8.93. The Morgan fingerprint density at radius 3 is 2.66 bits per heavy atom. The van der Waals surface area contributed by atoms with Crippen molar-refractivity contribution < 1.29 is 4.79 Å². The van der Waals surface area contributed by atoms with Gasteiger partial charge in [0.1, 0.15) is 0 Å². The van der Waals surface area contributed by atoms with Crippen LogP contribution in [0.1, 0.15) is 50.6 Å². The van der Waals surface area contributed by atoms with Crippen molar-refractivity contribution in [2.75, 3.05) is 58.8 Å². The highest BCUT2D eigenvalue weighted by atomic mass is 127. The Bertz CT molecular complexity index is 750. The van der Waals surface area contributed by atoms with Crippen LogP contribution in [-0.2, 0) is 4.79 Å². The van der Waals surface area contributed by atoms with E-state index in [1.54, 1.807) is 4.90 Å². The minimum Gasteiger partial charge on any atom is -0.372 e. The third-order valence-electron chi connectivity index (χ3n) is 6.42. The molecule has 0 radical (unpaired) electrons. The van der Waals surface area contributed by atoms with Crippen LogP contribution < -0.4 is 15.5 Å². The van der Waals surface area contributed by atoms with Crippen molar-refractivity contribution in [3.8, 4) is 0 Å². The van der Waals surface area contributed by atoms with Gasteiger partial charge in [-0.15, -0.1) is 24.0 Å². The molecule has 1 aromatic rings. The molecule has 0 aliphatic carbocycles. The van der Waals surface area contributed by atoms with E-state index in [1.807, 2.05) is 21.1 Å². The van der Waals surface area contributed by atoms with E-state index in [0.717, 1.165) is 57.9 Å². The van der Waals surface area contributed by atoms with Crippen molar-refractivity contribution in [1.82, 2.24) is 20.4 Å². The number of hydrogen-bond acceptors (Lipinski definition) is 4. The maximum atomic E-state index is 12.3. The van der Waals surface area contributed by atoms with Crippen LogP contribution in [0.3, 0.4) is 0 Å². The van der Waals surface area contributed by atoms with E-state index in [2.05, 4.69) is 56.6 Å². The molecular formula is C24H41IN6O. The molecule has 2 unspecified atom stereocenters. The summed E-state index contributed by atoms with van der Waals surface area (Å²) in [7, 11) is 5.51. The summed E-state index contributed by atoms with van der Waals surface area (Å²) in [5.41, 5.74) is 2.59. The summed E-state index contributed by atoms with van der Waals surface area (Å²) < 4.78 is 0. The molecule has 1 amide bonds. The Kier molecular flexibility index (Phi) is 11.0. The van der Waals surface area contributed by atoms with Crippen LogP contribution in [0.5, 0.6) is 0 Å². The smallest absolute Gasteiger partial charge is 0.239 e. The molecule has 2 heterocycles. The lowest BCUT2D eigenvalue weighted by atomic mass is 10.1. The minimum atomic E-state index is 0. The minimum absolute atomic E-state index is 0. The number of amides is 1. The van der Waals surface area contributed by atoms with E-state index in [-0.39, 0.29) is 42.0 Å². The average molecular weight is 557 g/mol. The van der Waals surface area contributed by atoms with E-state index >= 15 is 0 Å². The number of hydrogen-bond donors (Lipinski definition) is 2. The molecule has 0 saturated carbocycles. The van der Waals surface area contributed by atoms with Gasteiger partial charge in [0.2, 0.25) is 5.91 Å². The highest BCUT2D eigenvalue weighted by Crippen LogP contribution is 2.24. The molecule has 2 N–H and O–H groups in total. The topological polar surface area (TPSA) is 63.2 Å². The molecule has 0 aromatic heterocycles. The fourth-order valence-electron chi connectivity index (χ4n) is 4.61. The lowest BCUT2D eigenvalue weighted by Gasteiger charge is -2.26. The number of carbonyl (C=O) groups is 1. The highest BCUT2D eigenvalue weighted by molar-refractivity contribution is 14.0. The molecule has 2 atom stereocenters. The van der Waals surface area contributed by atoms with Gasteiger partial charge in [0.25, 0.3) is 0 Å². The van der Waals surface area contributed by atoms with Gasteiger partial charge in [-0.2, -0.15) is 0 Å². The van der Waals surface area contributed by atoms with E-state index < -0.39 is 0 Å². The molecule has 0 spiro atoms. The molecule has 180 valence electrons. The third kappa shape index (κ3) is 7.23. The Balaban J connectivity index is 0.00000363. The van der Waals surface area contributed by atoms with Crippen LogP contribution >= 0.6 is 24.0 Å². The molecule has 32 heavy (non-hydrogen) atoms. The number of halogens is 1. The van der Waals surface area contributed by atoms with Crippen LogP contribution in [0.15, 0.2) is 29.3 Å². The number of likely N-dealkylation sites (tertiary alicyclic amines) is 1. The first kappa shape index (κ1) is 26.7. The highest BCUT2D eigenvalue weighted by Gasteiger charge is 2.31. The number of carbonyl (C=O) groups excluding carboxylic acids is 1. The van der Waals surface area contributed by atoms with Crippen LogP contribution in [0.4, 0.5) is 5.69 Å². The standard InChI is InChI=1S/C24H40N6O.HI/c1-19(20-10-7-11-21(18-20)29-14-5-6-15-29)27-24(25-2)26-13-9-17-30-16-8-12-22(30)23(31)28(3)4;/h7,10-11,18-19,22H,5-6,8-9,12-17H2,1-4H3,(H2,25,26,27);1H. The molecule has 7 nitrogen and oxygen atoms in total. The zero-order valence-electron chi connectivity index (χ0n) is 20.1. The second-order valence-electron chi connectivity index (χ2n) is 8.93. The Hall–Kier alpha value is -1.55. The predicted molar refractivity (Wildman–Crippen MR) is 144 cm³/mol. The van der Waals surface area contributed by atoms with E-state index in [0.29, 0.717) is 0 Å². The van der Waals surface area contributed by atoms with Gasteiger partial charge < -0.3 is 20.4 Å². The van der Waals surface area contributed by atoms with Crippen molar-refractivity contribution in [3.05, 3.63) is 29.8 Å². The summed E-state index contributed by atoms with van der Waals surface area (Å²) >= 11 is 0. The number of likely N-dealkylation sites (N-methyl/N-ethyl adjacent to an activating group) is 1. The Morgan fingerprint density at radius 2 is 1.97 bits per heavy atom. The average Bonchev–Trinajstić information content (AvgIpc) is 3.47. The normalized spacial score (nSPS) is 20.1. The van der Waals surface area contributed by atoms with E-state index in [9.17, 15) is 4.79 Å². The molecule has 2 aliphatic heterocycles. The van der Waals surface area contributed by atoms with E-state index in [1.165, 1.54) is 24.1 Å². The van der Waals surface area contributed by atoms with Crippen LogP contribution in [0.25, 0.3) is 0 Å². The number of aliphatic imine (C=N–C) groups is 1. The summed E-state index contributed by atoms with van der Waals surface area (Å²) in [6.07, 6.45) is 5.64. The number of benzene rings is 1. The third-order valence-corrected chi connectivity index (χ3v) is 6.42. The van der Waals surface area contributed by atoms with Crippen molar-refractivity contribution in [1.29, 1.82) is 0 Å². The molecule has 0 bridgehead atoms. The summed E-state index contributed by atoms with van der Waals surface area (Å²) in [4.78, 5) is 23.3. The number of rotatable bonds is 8. The predicted octanol–water partition coefficient (Wildman–Crippen LogP) is 3.07. The van der Waals surface area contributed by atoms with Crippen molar-refractivity contribution in [2.45, 2.75) is 51.1 Å². The molecular weight excluding hydrogens is 515 g/mol. The quantitative estimate of drug-likeness (QED) is 0.223. The first-order chi connectivity index (χ1) is 15.0. The summed E-state index contributed by atoms with van der Waals surface area (Å²) in [6.45, 7) is 7.28. The van der Waals surface area contributed by atoms with Crippen molar-refractivity contribution in [3.63, 3.8) is 0 Å². The summed E-state index contributed by atoms with van der Waals surface area (Å²) in [5.74, 6) is 1.05. The number of nitrogens with zero attached hydrogens (tertiary/aromatic N) is 4. The van der Waals surface area contributed by atoms with Gasteiger partial charge in [-0.05, 0) is 63.3 Å². The number of guanidine groups is 1. The zero-order chi connectivity index (χ0) is 22.2. The van der Waals surface area contributed by atoms with Gasteiger partial charge in [0.05, 0.1) is 12.1 Å². The van der Waals surface area contributed by atoms with Gasteiger partial charge in [0, 0.05) is 53.0 Å². The Labute approximate surface area is 211 Å². The largest absolute Gasteiger partial charge is 0.372 e. The number of nitrogens with one attached hydrogen (secondary N) is 2. The fraction of sp³-hybridized carbons (Fsp3) is 0.667. The van der Waals surface area contributed by atoms with Gasteiger partial charge >= 0.3 is 0 Å². The van der Waals surface area contributed by atoms with Crippen molar-refractivity contribution in [2.24, 2.45) is 4.99 Å². The monoisotopic (exact) mass is 556 g/mol. The van der Waals surface area contributed by atoms with E-state index in [4.69, 9.17) is 0 Å². The lowest BCUT2D eigenvalue weighted by molar-refractivity contribution is -0.133. The molecule has 1 aromatic carbocycles. The fourth-order valence-corrected chi connectivity index (χ4v) is 4.61. The maximum absolute atomic E-state index is 12.3. The molecule has 8 heteroatoms. The Morgan fingerprint density at radius 1 is 1.22 bits per heavy atom. The van der Waals surface area contributed by atoms with Gasteiger partial charge in [-0.3, -0.25) is 14.7 Å². The SMILES string of the molecule is CN=C(NCCCN1CCCC1C(=O)N(C)C)NC(C)c1cccc(N2CCCC2)c1.I. The maximum Gasteiger partial charge on any atom is 0.239 e. The summed E-state index contributed by atoms with van der Waals surface area (Å²) in [6, 6.07) is 9.07. The first-order valence-electron chi connectivity index (χ1n) is 11.8. The molecule has 2 aliphatic rings. The van der Waals surface area contributed by atoms with Crippen LogP contribution in [-0.4, -0.2) is 81.6 Å². The molecule has 2 fully saturated rings. The van der Waals surface area contributed by atoms with Gasteiger partial charge in [0.15, 0.2) is 5.96 Å². The zero-order valence-corrected chi connectivity index (χ0v) is 22.5. The van der Waals surface area contributed by atoms with Gasteiger partial charge in [-0.1, -0.05) is 12.1 Å².